The fourth-order valence-corrected chi connectivity index (χ4v) is 4.35. The molecule has 0 aromatic heterocycles. The van der Waals surface area contributed by atoms with Crippen LogP contribution in [0, 0.1) is 5.92 Å². The maximum atomic E-state index is 12.4. The van der Waals surface area contributed by atoms with Crippen LogP contribution in [0.3, 0.4) is 0 Å². The summed E-state index contributed by atoms with van der Waals surface area (Å²) in [6.45, 7) is 2.06. The molecule has 2 bridgehead atoms. The van der Waals surface area contributed by atoms with Gasteiger partial charge in [0, 0.05) is 24.5 Å². The van der Waals surface area contributed by atoms with Gasteiger partial charge in [-0.25, -0.2) is 0 Å². The van der Waals surface area contributed by atoms with E-state index in [0.29, 0.717) is 24.4 Å². The summed E-state index contributed by atoms with van der Waals surface area (Å²) in [5, 5.41) is 6.79. The van der Waals surface area contributed by atoms with Crippen molar-refractivity contribution in [2.75, 3.05) is 14.2 Å². The topological polar surface area (TPSA) is 59.6 Å². The normalized spacial score (nSPS) is 26.1. The second-order valence-electron chi connectivity index (χ2n) is 7.54. The van der Waals surface area contributed by atoms with Crippen molar-refractivity contribution in [3.8, 4) is 11.5 Å². The van der Waals surface area contributed by atoms with E-state index in [2.05, 4.69) is 17.6 Å². The second-order valence-corrected chi connectivity index (χ2v) is 7.54. The van der Waals surface area contributed by atoms with Crippen molar-refractivity contribution in [2.24, 2.45) is 5.92 Å². The van der Waals surface area contributed by atoms with Crippen LogP contribution >= 0.6 is 0 Å². The lowest BCUT2D eigenvalue weighted by molar-refractivity contribution is -0.122. The molecular formula is C20H30N2O3. The standard InChI is InChI=1S/C20H30N2O3/c1-13(8-14-4-7-18(24-2)19(11-14)25-3)21-20(23)12-15-9-16-5-6-17(10-15)22-16/h4,7,11,13,15-17,22H,5-6,8-10,12H2,1-3H3,(H,21,23). The van der Waals surface area contributed by atoms with Gasteiger partial charge in [-0.15, -0.1) is 0 Å². The Morgan fingerprint density at radius 1 is 1.20 bits per heavy atom. The lowest BCUT2D eigenvalue weighted by atomic mass is 9.89. The monoisotopic (exact) mass is 346 g/mol. The molecular weight excluding hydrogens is 316 g/mol. The molecule has 25 heavy (non-hydrogen) atoms. The first-order chi connectivity index (χ1) is 12.1. The van der Waals surface area contributed by atoms with Gasteiger partial charge in [-0.05, 0) is 62.6 Å². The molecule has 3 rings (SSSR count). The molecule has 2 aliphatic rings. The van der Waals surface area contributed by atoms with Gasteiger partial charge in [-0.3, -0.25) is 4.79 Å². The van der Waals surface area contributed by atoms with Crippen LogP contribution in [-0.4, -0.2) is 38.3 Å². The van der Waals surface area contributed by atoms with Gasteiger partial charge in [-0.1, -0.05) is 6.07 Å². The lowest BCUT2D eigenvalue weighted by Gasteiger charge is -2.29. The van der Waals surface area contributed by atoms with Crippen LogP contribution in [0.25, 0.3) is 0 Å². The molecule has 0 radical (unpaired) electrons. The number of ether oxygens (including phenoxy) is 2. The van der Waals surface area contributed by atoms with Gasteiger partial charge in [0.05, 0.1) is 14.2 Å². The molecule has 1 aromatic rings. The molecule has 1 amide bonds. The van der Waals surface area contributed by atoms with Gasteiger partial charge in [0.15, 0.2) is 11.5 Å². The van der Waals surface area contributed by atoms with Crippen LogP contribution in [0.2, 0.25) is 0 Å². The molecule has 138 valence electrons. The summed E-state index contributed by atoms with van der Waals surface area (Å²) < 4.78 is 10.6. The highest BCUT2D eigenvalue weighted by atomic mass is 16.5. The Bertz CT molecular complexity index is 593. The summed E-state index contributed by atoms with van der Waals surface area (Å²) in [5.74, 6) is 2.17. The van der Waals surface area contributed by atoms with Crippen molar-refractivity contribution in [3.05, 3.63) is 23.8 Å². The minimum atomic E-state index is 0.101. The van der Waals surface area contributed by atoms with E-state index >= 15 is 0 Å². The molecule has 3 unspecified atom stereocenters. The van der Waals surface area contributed by atoms with E-state index in [-0.39, 0.29) is 11.9 Å². The Morgan fingerprint density at radius 2 is 1.88 bits per heavy atom. The van der Waals surface area contributed by atoms with Gasteiger partial charge in [0.1, 0.15) is 0 Å². The first-order valence-corrected chi connectivity index (χ1v) is 9.33. The molecule has 1 aromatic carbocycles. The van der Waals surface area contributed by atoms with Crippen molar-refractivity contribution in [2.45, 2.75) is 63.6 Å². The Hall–Kier alpha value is -1.75. The van der Waals surface area contributed by atoms with Crippen LogP contribution in [0.15, 0.2) is 18.2 Å². The Balaban J connectivity index is 1.48. The SMILES string of the molecule is COc1ccc(CC(C)NC(=O)CC2CC3CCC(C2)N3)cc1OC. The van der Waals surface area contributed by atoms with E-state index < -0.39 is 0 Å². The number of rotatable bonds is 7. The van der Waals surface area contributed by atoms with Crippen LogP contribution in [0.4, 0.5) is 0 Å². The molecule has 5 nitrogen and oxygen atoms in total. The third-order valence-electron chi connectivity index (χ3n) is 5.44. The van der Waals surface area contributed by atoms with E-state index in [1.165, 1.54) is 12.8 Å². The van der Waals surface area contributed by atoms with Crippen molar-refractivity contribution in [1.29, 1.82) is 0 Å². The molecule has 0 aliphatic carbocycles. The van der Waals surface area contributed by atoms with E-state index in [4.69, 9.17) is 9.47 Å². The number of hydrogen-bond donors (Lipinski definition) is 2. The predicted octanol–water partition coefficient (Wildman–Crippen LogP) is 2.67. The second kappa shape index (κ2) is 8.09. The van der Waals surface area contributed by atoms with E-state index in [9.17, 15) is 4.79 Å². The molecule has 2 N–H and O–H groups in total. The molecule has 0 spiro atoms. The molecule has 2 aliphatic heterocycles. The molecule has 2 heterocycles. The number of carbonyl (C=O) groups excluding carboxylic acids is 1. The zero-order chi connectivity index (χ0) is 17.8. The zero-order valence-electron chi connectivity index (χ0n) is 15.5. The molecule has 3 atom stereocenters. The number of methoxy groups -OCH3 is 2. The lowest BCUT2D eigenvalue weighted by Crippen LogP contribution is -2.41. The zero-order valence-corrected chi connectivity index (χ0v) is 15.5. The summed E-state index contributed by atoms with van der Waals surface area (Å²) in [6.07, 6.45) is 6.29. The minimum Gasteiger partial charge on any atom is -0.493 e. The largest absolute Gasteiger partial charge is 0.493 e. The highest BCUT2D eigenvalue weighted by Crippen LogP contribution is 2.32. The van der Waals surface area contributed by atoms with E-state index in [0.717, 1.165) is 36.3 Å². The predicted molar refractivity (Wildman–Crippen MR) is 98.1 cm³/mol. The highest BCUT2D eigenvalue weighted by molar-refractivity contribution is 5.76. The molecule has 0 saturated carbocycles. The maximum Gasteiger partial charge on any atom is 0.220 e. The van der Waals surface area contributed by atoms with E-state index in [1.807, 2.05) is 18.2 Å². The van der Waals surface area contributed by atoms with Crippen molar-refractivity contribution in [3.63, 3.8) is 0 Å². The summed E-state index contributed by atoms with van der Waals surface area (Å²) in [6, 6.07) is 7.29. The first-order valence-electron chi connectivity index (χ1n) is 9.33. The van der Waals surface area contributed by atoms with Gasteiger partial charge in [-0.2, -0.15) is 0 Å². The molecule has 2 fully saturated rings. The summed E-state index contributed by atoms with van der Waals surface area (Å²) in [4.78, 5) is 12.4. The van der Waals surface area contributed by atoms with Crippen molar-refractivity contribution in [1.82, 2.24) is 10.6 Å². The number of amides is 1. The Labute approximate surface area is 150 Å². The number of nitrogens with one attached hydrogen (secondary N) is 2. The summed E-state index contributed by atoms with van der Waals surface area (Å²) in [5.41, 5.74) is 1.13. The summed E-state index contributed by atoms with van der Waals surface area (Å²) >= 11 is 0. The molecule has 5 heteroatoms. The Morgan fingerprint density at radius 3 is 2.52 bits per heavy atom. The van der Waals surface area contributed by atoms with Crippen LogP contribution < -0.4 is 20.1 Å². The number of carbonyl (C=O) groups is 1. The fourth-order valence-electron chi connectivity index (χ4n) is 4.35. The van der Waals surface area contributed by atoms with Gasteiger partial charge in [0.2, 0.25) is 5.91 Å². The van der Waals surface area contributed by atoms with Crippen LogP contribution in [0.1, 0.15) is 44.6 Å². The third-order valence-corrected chi connectivity index (χ3v) is 5.44. The number of hydrogen-bond acceptors (Lipinski definition) is 4. The maximum absolute atomic E-state index is 12.4. The fraction of sp³-hybridized carbons (Fsp3) is 0.650. The Kier molecular flexibility index (Phi) is 5.84. The van der Waals surface area contributed by atoms with Gasteiger partial charge in [0.25, 0.3) is 0 Å². The summed E-state index contributed by atoms with van der Waals surface area (Å²) in [7, 11) is 3.27. The molecule has 2 saturated heterocycles. The smallest absolute Gasteiger partial charge is 0.220 e. The quantitative estimate of drug-likeness (QED) is 0.797. The third kappa shape index (κ3) is 4.66. The van der Waals surface area contributed by atoms with Gasteiger partial charge >= 0.3 is 0 Å². The van der Waals surface area contributed by atoms with Crippen LogP contribution in [-0.2, 0) is 11.2 Å². The number of piperidine rings is 1. The number of benzene rings is 1. The highest BCUT2D eigenvalue weighted by Gasteiger charge is 2.34. The van der Waals surface area contributed by atoms with Gasteiger partial charge < -0.3 is 20.1 Å². The minimum absolute atomic E-state index is 0.101. The van der Waals surface area contributed by atoms with Crippen LogP contribution in [0.5, 0.6) is 11.5 Å². The average molecular weight is 346 g/mol. The number of fused-ring (bicyclic) bond motifs is 2. The van der Waals surface area contributed by atoms with Crippen molar-refractivity contribution >= 4 is 5.91 Å². The average Bonchev–Trinajstić information content (AvgIpc) is 2.92. The first kappa shape index (κ1) is 18.1. The van der Waals surface area contributed by atoms with E-state index in [1.54, 1.807) is 14.2 Å². The van der Waals surface area contributed by atoms with Crippen molar-refractivity contribution < 1.29 is 14.3 Å².